The number of anilines is 1. The Hall–Kier alpha value is -2.24. The predicted molar refractivity (Wildman–Crippen MR) is 88.1 cm³/mol. The summed E-state index contributed by atoms with van der Waals surface area (Å²) in [4.78, 5) is 11.4. The van der Waals surface area contributed by atoms with Crippen molar-refractivity contribution in [2.75, 3.05) is 5.32 Å². The van der Waals surface area contributed by atoms with Gasteiger partial charge in [0.05, 0.1) is 11.3 Å². The summed E-state index contributed by atoms with van der Waals surface area (Å²) >= 11 is 11.3. The highest BCUT2D eigenvalue weighted by Crippen LogP contribution is 2.15. The van der Waals surface area contributed by atoms with E-state index in [9.17, 15) is 4.79 Å². The number of benzene rings is 2. The van der Waals surface area contributed by atoms with Crippen LogP contribution in [0.5, 0.6) is 0 Å². The lowest BCUT2D eigenvalue weighted by Gasteiger charge is -2.12. The Morgan fingerprint density at radius 2 is 1.86 bits per heavy atom. The number of hydrogen-bond donors (Lipinski definition) is 2. The van der Waals surface area contributed by atoms with Crippen LogP contribution in [0.25, 0.3) is 0 Å². The second kappa shape index (κ2) is 7.68. The Morgan fingerprint density at radius 3 is 2.50 bits per heavy atom. The first-order valence-electron chi connectivity index (χ1n) is 6.32. The van der Waals surface area contributed by atoms with E-state index in [0.717, 1.165) is 5.56 Å². The molecule has 0 atom stereocenters. The van der Waals surface area contributed by atoms with E-state index in [2.05, 4.69) is 9.83 Å². The molecule has 0 aliphatic carbocycles. The number of amidine groups is 1. The molecule has 0 heterocycles. The van der Waals surface area contributed by atoms with Gasteiger partial charge in [-0.05, 0) is 29.8 Å². The Kier molecular flexibility index (Phi) is 5.63. The third-order valence-corrected chi connectivity index (χ3v) is 3.21. The van der Waals surface area contributed by atoms with Crippen molar-refractivity contribution >= 4 is 41.0 Å². The van der Waals surface area contributed by atoms with Crippen LogP contribution in [0.1, 0.15) is 15.9 Å². The molecule has 0 unspecified atom stereocenters. The van der Waals surface area contributed by atoms with Gasteiger partial charge in [0.1, 0.15) is 6.61 Å². The van der Waals surface area contributed by atoms with Gasteiger partial charge in [-0.2, -0.15) is 0 Å². The minimum atomic E-state index is -0.560. The van der Waals surface area contributed by atoms with Crippen molar-refractivity contribution in [1.29, 1.82) is 0 Å². The molecule has 0 aromatic heterocycles. The first-order chi connectivity index (χ1) is 10.6. The van der Waals surface area contributed by atoms with Gasteiger partial charge in [0.15, 0.2) is 0 Å². The summed E-state index contributed by atoms with van der Waals surface area (Å²) < 4.78 is 8.96. The molecule has 0 spiro atoms. The number of rotatable bonds is 4. The number of ether oxygens (including phenoxy) is 1. The lowest BCUT2D eigenvalue weighted by Crippen LogP contribution is -2.19. The number of halogens is 2. The van der Waals surface area contributed by atoms with Gasteiger partial charge in [0.2, 0.25) is 0 Å². The van der Waals surface area contributed by atoms with Crippen molar-refractivity contribution in [1.82, 2.24) is 0 Å². The van der Waals surface area contributed by atoms with Crippen LogP contribution in [0.4, 0.5) is 5.69 Å². The molecule has 0 saturated heterocycles. The van der Waals surface area contributed by atoms with Crippen LogP contribution in [0.2, 0.25) is 5.02 Å². The minimum Gasteiger partial charge on any atom is -0.459 e. The van der Waals surface area contributed by atoms with Crippen LogP contribution in [-0.4, -0.2) is 11.9 Å². The third-order valence-electron chi connectivity index (χ3n) is 2.80. The van der Waals surface area contributed by atoms with Crippen LogP contribution in [0.15, 0.2) is 53.0 Å². The average molecular weight is 338 g/mol. The largest absolute Gasteiger partial charge is 0.459 e. The summed E-state index contributed by atoms with van der Waals surface area (Å²) in [5.74, 6) is -0.560. The number of nitrogens with one attached hydrogen (secondary N) is 1. The first-order valence-corrected chi connectivity index (χ1v) is 7.04. The first kappa shape index (κ1) is 16.1. The Labute approximate surface area is 137 Å². The van der Waals surface area contributed by atoms with Crippen molar-refractivity contribution < 1.29 is 9.53 Å². The second-order valence-electron chi connectivity index (χ2n) is 4.34. The zero-order valence-corrected chi connectivity index (χ0v) is 12.9. The zero-order valence-electron chi connectivity index (χ0n) is 11.4. The molecular weight excluding hydrogens is 325 g/mol. The Balaban J connectivity index is 2.04. The molecule has 114 valence electrons. The van der Waals surface area contributed by atoms with Crippen LogP contribution in [0.3, 0.4) is 0 Å². The average Bonchev–Trinajstić information content (AvgIpc) is 2.53. The smallest absolute Gasteiger partial charge is 0.306 e. The number of primary amides is 1. The van der Waals surface area contributed by atoms with E-state index in [4.69, 9.17) is 33.8 Å². The van der Waals surface area contributed by atoms with Gasteiger partial charge in [-0.1, -0.05) is 35.9 Å². The van der Waals surface area contributed by atoms with Gasteiger partial charge in [0, 0.05) is 16.8 Å². The number of carbonyl (C=O) groups is 1. The van der Waals surface area contributed by atoms with E-state index in [1.54, 1.807) is 36.4 Å². The van der Waals surface area contributed by atoms with Gasteiger partial charge in [0.25, 0.3) is 5.91 Å². The Morgan fingerprint density at radius 1 is 1.18 bits per heavy atom. The molecule has 5 nitrogen and oxygen atoms in total. The fourth-order valence-corrected chi connectivity index (χ4v) is 1.95. The molecule has 0 aliphatic rings. The zero-order chi connectivity index (χ0) is 15.9. The highest BCUT2D eigenvalue weighted by molar-refractivity contribution is 6.30. The molecule has 0 radical (unpaired) electrons. The molecule has 0 fully saturated rings. The van der Waals surface area contributed by atoms with Crippen molar-refractivity contribution in [2.45, 2.75) is 6.61 Å². The monoisotopic (exact) mass is 337 g/mol. The standard InChI is InChI=1S/C15H13Cl2N3O2/c16-11-7-5-10(6-8-11)9-22-15(20-17)19-13-4-2-1-3-12(13)14(18)21/h1-8H,9H2,(H2,18,21)(H,19,20). The molecule has 2 aromatic rings. The third kappa shape index (κ3) is 4.38. The summed E-state index contributed by atoms with van der Waals surface area (Å²) in [6, 6.07) is 13.9. The molecular formula is C15H13Cl2N3O2. The van der Waals surface area contributed by atoms with Gasteiger partial charge >= 0.3 is 6.02 Å². The second-order valence-corrected chi connectivity index (χ2v) is 4.95. The Bertz CT molecular complexity index is 687. The summed E-state index contributed by atoms with van der Waals surface area (Å²) in [7, 11) is 0. The molecule has 2 aromatic carbocycles. The van der Waals surface area contributed by atoms with Crippen molar-refractivity contribution in [3.63, 3.8) is 0 Å². The van der Waals surface area contributed by atoms with Crippen LogP contribution in [0, 0.1) is 0 Å². The summed E-state index contributed by atoms with van der Waals surface area (Å²) in [5, 5.41) is 3.47. The molecule has 2 rings (SSSR count). The number of carbonyl (C=O) groups excluding carboxylic acids is 1. The maximum Gasteiger partial charge on any atom is 0.306 e. The van der Waals surface area contributed by atoms with E-state index in [-0.39, 0.29) is 12.6 Å². The minimum absolute atomic E-state index is 0.0605. The molecule has 0 saturated carbocycles. The van der Waals surface area contributed by atoms with Gasteiger partial charge in [-0.25, -0.2) is 0 Å². The molecule has 0 aliphatic heterocycles. The summed E-state index contributed by atoms with van der Waals surface area (Å²) in [6.45, 7) is 0.245. The molecule has 3 N–H and O–H groups in total. The van der Waals surface area contributed by atoms with Gasteiger partial charge < -0.3 is 15.8 Å². The molecule has 7 heteroatoms. The topological polar surface area (TPSA) is 76.7 Å². The fraction of sp³-hybridized carbons (Fsp3) is 0.0667. The lowest BCUT2D eigenvalue weighted by atomic mass is 10.1. The van der Waals surface area contributed by atoms with Gasteiger partial charge in [-0.15, -0.1) is 4.51 Å². The SMILES string of the molecule is NC(=O)c1ccccc1NC(=NCl)OCc1ccc(Cl)cc1. The highest BCUT2D eigenvalue weighted by atomic mass is 35.5. The normalized spacial score (nSPS) is 11.1. The van der Waals surface area contributed by atoms with Crippen molar-refractivity contribution in [2.24, 2.45) is 10.2 Å². The lowest BCUT2D eigenvalue weighted by molar-refractivity contribution is 0.100. The number of nitrogens with zero attached hydrogens (tertiary/aromatic N) is 1. The molecule has 1 amide bonds. The quantitative estimate of drug-likeness (QED) is 0.661. The van der Waals surface area contributed by atoms with Crippen LogP contribution >= 0.6 is 23.4 Å². The number of hydrogen-bond acceptors (Lipinski definition) is 3. The number of para-hydroxylation sites is 1. The van der Waals surface area contributed by atoms with Crippen LogP contribution < -0.4 is 11.1 Å². The maximum absolute atomic E-state index is 11.4. The summed E-state index contributed by atoms with van der Waals surface area (Å²) in [6.07, 6.45) is 0. The fourth-order valence-electron chi connectivity index (χ4n) is 1.74. The highest BCUT2D eigenvalue weighted by Gasteiger charge is 2.10. The van der Waals surface area contributed by atoms with E-state index in [0.29, 0.717) is 16.3 Å². The van der Waals surface area contributed by atoms with E-state index < -0.39 is 5.91 Å². The maximum atomic E-state index is 11.4. The number of amides is 1. The van der Waals surface area contributed by atoms with Gasteiger partial charge in [-0.3, -0.25) is 4.79 Å². The van der Waals surface area contributed by atoms with Crippen molar-refractivity contribution in [3.8, 4) is 0 Å². The number of nitrogens with two attached hydrogens (primary N) is 1. The van der Waals surface area contributed by atoms with E-state index in [1.165, 1.54) is 0 Å². The molecule has 22 heavy (non-hydrogen) atoms. The van der Waals surface area contributed by atoms with E-state index in [1.807, 2.05) is 12.1 Å². The summed E-state index contributed by atoms with van der Waals surface area (Å²) in [5.41, 5.74) is 6.98. The van der Waals surface area contributed by atoms with E-state index >= 15 is 0 Å². The molecule has 0 bridgehead atoms. The predicted octanol–water partition coefficient (Wildman–Crippen LogP) is 3.58. The van der Waals surface area contributed by atoms with Crippen molar-refractivity contribution in [3.05, 3.63) is 64.7 Å². The van der Waals surface area contributed by atoms with Crippen LogP contribution in [-0.2, 0) is 11.3 Å².